The van der Waals surface area contributed by atoms with Crippen molar-refractivity contribution in [2.45, 2.75) is 32.0 Å². The maximum atomic E-state index is 12.6. The molecule has 0 saturated heterocycles. The minimum atomic E-state index is -4.17. The zero-order valence-electron chi connectivity index (χ0n) is 23.6. The Morgan fingerprint density at radius 2 is 1.85 bits per heavy atom. The van der Waals surface area contributed by atoms with Gasteiger partial charge >= 0.3 is 12.1 Å². The molecule has 0 aromatic heterocycles. The van der Waals surface area contributed by atoms with Gasteiger partial charge < -0.3 is 15.2 Å². The third kappa shape index (κ3) is 3.43. The molecule has 2 aromatic rings. The number of aliphatic carboxylic acids is 1. The molecular formula is C21H23NO4. The van der Waals surface area contributed by atoms with Crippen molar-refractivity contribution in [3.8, 4) is 11.1 Å². The Labute approximate surface area is 167 Å². The number of amides is 1. The second-order valence-corrected chi connectivity index (χ2v) is 5.63. The highest BCUT2D eigenvalue weighted by molar-refractivity contribution is 5.81. The molecule has 3 rings (SSSR count). The lowest BCUT2D eigenvalue weighted by atomic mass is 9.98. The van der Waals surface area contributed by atoms with Crippen LogP contribution in [0, 0.1) is 5.89 Å². The van der Waals surface area contributed by atoms with Crippen LogP contribution in [-0.4, -0.2) is 29.8 Å². The number of alkyl carbamates (subject to hydrolysis) is 1. The first kappa shape index (κ1) is 9.21. The van der Waals surface area contributed by atoms with Crippen LogP contribution in [0.3, 0.4) is 0 Å². The summed E-state index contributed by atoms with van der Waals surface area (Å²) in [5.41, 5.74) is 3.39. The molecular weight excluding hydrogens is 330 g/mol. The average molecular weight is 363 g/mol. The van der Waals surface area contributed by atoms with E-state index in [1.54, 1.807) is 12.1 Å². The van der Waals surface area contributed by atoms with Gasteiger partial charge in [-0.25, -0.2) is 9.59 Å². The summed E-state index contributed by atoms with van der Waals surface area (Å²) < 4.78 is 82.2. The van der Waals surface area contributed by atoms with Crippen LogP contribution in [0.2, 0.25) is 0 Å². The quantitative estimate of drug-likeness (QED) is 0.813. The van der Waals surface area contributed by atoms with Gasteiger partial charge in [0.2, 0.25) is 0 Å². The van der Waals surface area contributed by atoms with E-state index in [2.05, 4.69) is 0 Å². The van der Waals surface area contributed by atoms with Crippen LogP contribution in [0.25, 0.3) is 11.1 Å². The fraction of sp³-hybridized carbons (Fsp3) is 0.333. The first-order valence-electron chi connectivity index (χ1n) is 12.8. The van der Waals surface area contributed by atoms with Gasteiger partial charge in [-0.15, -0.1) is 0 Å². The molecule has 0 unspecified atom stereocenters. The number of carboxylic acids is 1. The average Bonchev–Trinajstić information content (AvgIpc) is 3.09. The van der Waals surface area contributed by atoms with Crippen LogP contribution in [-0.2, 0) is 9.53 Å². The third-order valence-electron chi connectivity index (χ3n) is 4.16. The minimum absolute atomic E-state index is 0.361. The number of rotatable bonds is 6. The van der Waals surface area contributed by atoms with Crippen LogP contribution < -0.4 is 5.32 Å². The van der Waals surface area contributed by atoms with Gasteiger partial charge in [0.05, 0.1) is 1.37 Å². The standard InChI is InChI=1S/C21H23NO4/c1-3-13(2)19(20(23)24)22-21(25)26-12-18-16-10-6-4-8-14(16)15-9-5-7-11-17(15)18/h4-11,13,18-19H,3,12H2,1-2H3,(H,22,25)(H,23,24)/t13-,19+/m0/s1/i1D3,2D3,3D2,13D,19D. The molecule has 2 N–H and O–H groups in total. The van der Waals surface area contributed by atoms with E-state index in [0.29, 0.717) is 0 Å². The number of carbonyl (C=O) groups excluding carboxylic acids is 1. The Morgan fingerprint density at radius 3 is 2.38 bits per heavy atom. The molecule has 0 radical (unpaired) electrons. The van der Waals surface area contributed by atoms with Crippen molar-refractivity contribution < 1.29 is 33.1 Å². The van der Waals surface area contributed by atoms with E-state index in [-0.39, 0.29) is 6.61 Å². The van der Waals surface area contributed by atoms with Crippen molar-refractivity contribution in [1.82, 2.24) is 5.32 Å². The molecule has 26 heavy (non-hydrogen) atoms. The Balaban J connectivity index is 1.93. The van der Waals surface area contributed by atoms with Gasteiger partial charge in [0.15, 0.2) is 0 Å². The summed E-state index contributed by atoms with van der Waals surface area (Å²) in [7, 11) is 0. The number of ether oxygens (including phenoxy) is 1. The summed E-state index contributed by atoms with van der Waals surface area (Å²) in [5.74, 6) is -7.10. The topological polar surface area (TPSA) is 75.6 Å². The fourth-order valence-corrected chi connectivity index (χ4v) is 3.02. The first-order valence-corrected chi connectivity index (χ1v) is 7.76. The van der Waals surface area contributed by atoms with Gasteiger partial charge in [0, 0.05) is 18.3 Å². The molecule has 0 bridgehead atoms. The van der Waals surface area contributed by atoms with E-state index in [1.165, 1.54) is 5.32 Å². The highest BCUT2D eigenvalue weighted by atomic mass is 16.5. The number of benzene rings is 2. The lowest BCUT2D eigenvalue weighted by Crippen LogP contribution is -2.45. The van der Waals surface area contributed by atoms with E-state index < -0.39 is 50.0 Å². The van der Waals surface area contributed by atoms with Crippen molar-refractivity contribution in [1.29, 1.82) is 0 Å². The third-order valence-corrected chi connectivity index (χ3v) is 4.16. The second-order valence-electron chi connectivity index (χ2n) is 5.63. The molecule has 0 fully saturated rings. The summed E-state index contributed by atoms with van der Waals surface area (Å²) in [6.45, 7) is -8.16. The summed E-state index contributed by atoms with van der Waals surface area (Å²) in [5, 5.41) is 11.1. The second kappa shape index (κ2) is 7.60. The summed E-state index contributed by atoms with van der Waals surface area (Å²) >= 11 is 0. The molecule has 2 atom stereocenters. The van der Waals surface area contributed by atoms with Crippen molar-refractivity contribution in [3.63, 3.8) is 0 Å². The number of nitrogens with one attached hydrogen (secondary N) is 1. The number of hydrogen-bond acceptors (Lipinski definition) is 3. The largest absolute Gasteiger partial charge is 0.480 e. The van der Waals surface area contributed by atoms with E-state index in [1.807, 2.05) is 36.4 Å². The van der Waals surface area contributed by atoms with Crippen molar-refractivity contribution >= 4 is 12.1 Å². The molecule has 0 heterocycles. The highest BCUT2D eigenvalue weighted by Crippen LogP contribution is 2.44. The molecule has 0 saturated carbocycles. The summed E-state index contributed by atoms with van der Waals surface area (Å²) in [4.78, 5) is 24.7. The maximum absolute atomic E-state index is 12.6. The SMILES string of the molecule is [2H]C([2H])([2H])C([2H])([2H])[C@]([2H])(C([2H])([2H])[2H])[C@@]([2H])(NC(=O)OCC1c2ccccc2-c2ccccc21)C(=O)O. The smallest absolute Gasteiger partial charge is 0.407 e. The van der Waals surface area contributed by atoms with Gasteiger partial charge in [-0.05, 0) is 28.1 Å². The monoisotopic (exact) mass is 363 g/mol. The molecule has 1 aliphatic carbocycles. The van der Waals surface area contributed by atoms with E-state index in [4.69, 9.17) is 18.4 Å². The number of carbonyl (C=O) groups is 2. The zero-order chi connectivity index (χ0) is 27.3. The number of hydrogen-bond donors (Lipinski definition) is 2. The van der Waals surface area contributed by atoms with Gasteiger partial charge in [-0.2, -0.15) is 0 Å². The first-order chi connectivity index (χ1) is 16.4. The predicted octanol–water partition coefficient (Wildman–Crippen LogP) is 4.02. The van der Waals surface area contributed by atoms with Gasteiger partial charge in [-0.1, -0.05) is 68.6 Å². The predicted molar refractivity (Wildman–Crippen MR) is 99.1 cm³/mol. The lowest BCUT2D eigenvalue weighted by molar-refractivity contribution is -0.140. The molecule has 5 heteroatoms. The fourth-order valence-electron chi connectivity index (χ4n) is 3.02. The Morgan fingerprint density at radius 1 is 1.23 bits per heavy atom. The molecule has 1 amide bonds. The normalized spacial score (nSPS) is 24.5. The highest BCUT2D eigenvalue weighted by Gasteiger charge is 2.30. The Kier molecular flexibility index (Phi) is 2.69. The summed E-state index contributed by atoms with van der Waals surface area (Å²) in [6, 6.07) is 10.6. The van der Waals surface area contributed by atoms with E-state index in [0.717, 1.165) is 22.3 Å². The Hall–Kier alpha value is -2.82. The minimum Gasteiger partial charge on any atom is -0.480 e. The molecule has 0 aliphatic heterocycles. The van der Waals surface area contributed by atoms with Gasteiger partial charge in [0.1, 0.15) is 12.6 Å². The zero-order valence-corrected chi connectivity index (χ0v) is 13.6. The maximum Gasteiger partial charge on any atom is 0.407 e. The molecule has 2 aromatic carbocycles. The van der Waals surface area contributed by atoms with Crippen LogP contribution in [0.5, 0.6) is 0 Å². The number of carboxylic acid groups (broad SMARTS) is 1. The molecule has 136 valence electrons. The van der Waals surface area contributed by atoms with Gasteiger partial charge in [-0.3, -0.25) is 0 Å². The number of fused-ring (bicyclic) bond motifs is 3. The van der Waals surface area contributed by atoms with Crippen molar-refractivity contribution in [2.75, 3.05) is 6.61 Å². The van der Waals surface area contributed by atoms with E-state index in [9.17, 15) is 14.7 Å². The van der Waals surface area contributed by atoms with Crippen molar-refractivity contribution in [3.05, 3.63) is 59.7 Å². The molecule has 5 nitrogen and oxygen atoms in total. The molecule has 0 spiro atoms. The van der Waals surface area contributed by atoms with Crippen molar-refractivity contribution in [2.24, 2.45) is 5.89 Å². The summed E-state index contributed by atoms with van der Waals surface area (Å²) in [6.07, 6.45) is -5.70. The van der Waals surface area contributed by atoms with Gasteiger partial charge in [0.25, 0.3) is 0 Å². The van der Waals surface area contributed by atoms with Crippen LogP contribution in [0.4, 0.5) is 4.79 Å². The van der Waals surface area contributed by atoms with Crippen LogP contribution in [0.1, 0.15) is 50.8 Å². The lowest BCUT2D eigenvalue weighted by Gasteiger charge is -2.21. The Bertz CT molecular complexity index is 1140. The van der Waals surface area contributed by atoms with Crippen LogP contribution in [0.15, 0.2) is 48.5 Å². The molecule has 1 aliphatic rings. The van der Waals surface area contributed by atoms with E-state index >= 15 is 0 Å². The van der Waals surface area contributed by atoms with Crippen LogP contribution >= 0.6 is 0 Å².